The van der Waals surface area contributed by atoms with Crippen molar-refractivity contribution in [1.29, 1.82) is 0 Å². The molecule has 0 amide bonds. The molecule has 0 aliphatic heterocycles. The lowest BCUT2D eigenvalue weighted by Crippen LogP contribution is -2.03. The molecule has 7 heteroatoms. The molecule has 25 heavy (non-hydrogen) atoms. The number of nitrogens with zero attached hydrogens (tertiary/aromatic N) is 2. The van der Waals surface area contributed by atoms with Gasteiger partial charge >= 0.3 is 5.97 Å². The van der Waals surface area contributed by atoms with Gasteiger partial charge in [-0.2, -0.15) is 0 Å². The molecule has 0 fully saturated rings. The van der Waals surface area contributed by atoms with Crippen molar-refractivity contribution in [2.45, 2.75) is 6.92 Å². The van der Waals surface area contributed by atoms with E-state index in [1.165, 1.54) is 6.21 Å². The molecule has 1 aromatic heterocycles. The molecule has 0 radical (unpaired) electrons. The Balaban J connectivity index is 1.79. The molecule has 0 N–H and O–H groups in total. The molecule has 0 saturated heterocycles. The first-order valence-corrected chi connectivity index (χ1v) is 8.02. The highest BCUT2D eigenvalue weighted by atomic mass is 35.5. The highest BCUT2D eigenvalue weighted by molar-refractivity contribution is 6.30. The van der Waals surface area contributed by atoms with Gasteiger partial charge in [-0.1, -0.05) is 45.6 Å². The van der Waals surface area contributed by atoms with Crippen molar-refractivity contribution >= 4 is 35.4 Å². The zero-order chi connectivity index (χ0) is 17.8. The zero-order valence-corrected chi connectivity index (χ0v) is 14.6. The van der Waals surface area contributed by atoms with Crippen LogP contribution in [-0.2, 0) is 4.84 Å². The number of aryl methyl sites for hydroxylation is 1. The second kappa shape index (κ2) is 7.51. The fourth-order valence-corrected chi connectivity index (χ4v) is 2.39. The van der Waals surface area contributed by atoms with Crippen molar-refractivity contribution in [2.75, 3.05) is 0 Å². The molecule has 0 aliphatic carbocycles. The van der Waals surface area contributed by atoms with Gasteiger partial charge in [0.1, 0.15) is 5.56 Å². The van der Waals surface area contributed by atoms with Crippen molar-refractivity contribution in [2.24, 2.45) is 5.16 Å². The van der Waals surface area contributed by atoms with Gasteiger partial charge in [0.05, 0.1) is 11.9 Å². The molecule has 0 unspecified atom stereocenters. The highest BCUT2D eigenvalue weighted by Gasteiger charge is 2.23. The summed E-state index contributed by atoms with van der Waals surface area (Å²) in [5, 5.41) is 8.74. The Morgan fingerprint density at radius 3 is 2.32 bits per heavy atom. The van der Waals surface area contributed by atoms with Crippen LogP contribution in [0.15, 0.2) is 58.2 Å². The summed E-state index contributed by atoms with van der Waals surface area (Å²) in [7, 11) is 0. The van der Waals surface area contributed by atoms with Gasteiger partial charge in [0, 0.05) is 15.6 Å². The monoisotopic (exact) mass is 374 g/mol. The number of hydrogen-bond donors (Lipinski definition) is 0. The number of hydrogen-bond acceptors (Lipinski definition) is 5. The number of carbonyl (C=O) groups excluding carboxylic acids is 1. The maximum atomic E-state index is 12.3. The number of benzene rings is 2. The molecular weight excluding hydrogens is 363 g/mol. The number of aromatic nitrogens is 1. The van der Waals surface area contributed by atoms with Crippen LogP contribution in [0.3, 0.4) is 0 Å². The van der Waals surface area contributed by atoms with Gasteiger partial charge in [-0.15, -0.1) is 0 Å². The molecule has 0 aliphatic rings. The SMILES string of the molecule is Cc1noc(-c2ccc(Cl)cc2)c1C(=O)O/N=C\c1ccc(Cl)cc1. The van der Waals surface area contributed by atoms with Crippen LogP contribution >= 0.6 is 23.2 Å². The quantitative estimate of drug-likeness (QED) is 0.360. The van der Waals surface area contributed by atoms with Crippen LogP contribution in [0.4, 0.5) is 0 Å². The van der Waals surface area contributed by atoms with Crippen molar-refractivity contribution in [3.8, 4) is 11.3 Å². The Kier molecular flexibility index (Phi) is 5.16. The van der Waals surface area contributed by atoms with Crippen molar-refractivity contribution in [3.05, 3.63) is 75.4 Å². The first-order valence-electron chi connectivity index (χ1n) is 7.27. The molecule has 0 atom stereocenters. The minimum Gasteiger partial charge on any atom is -0.355 e. The predicted molar refractivity (Wildman–Crippen MR) is 96.1 cm³/mol. The van der Waals surface area contributed by atoms with Crippen LogP contribution in [0.1, 0.15) is 21.6 Å². The maximum Gasteiger partial charge on any atom is 0.371 e. The van der Waals surface area contributed by atoms with E-state index in [1.807, 2.05) is 0 Å². The van der Waals surface area contributed by atoms with Gasteiger partial charge in [-0.25, -0.2) is 4.79 Å². The lowest BCUT2D eigenvalue weighted by Gasteiger charge is -2.00. The topological polar surface area (TPSA) is 64.7 Å². The van der Waals surface area contributed by atoms with Crippen molar-refractivity contribution in [1.82, 2.24) is 5.16 Å². The molecular formula is C18H12Cl2N2O3. The van der Waals surface area contributed by atoms with E-state index in [9.17, 15) is 4.79 Å². The summed E-state index contributed by atoms with van der Waals surface area (Å²) in [5.74, 6) is -0.352. The molecule has 5 nitrogen and oxygen atoms in total. The van der Waals surface area contributed by atoms with Gasteiger partial charge in [0.2, 0.25) is 0 Å². The normalized spacial score (nSPS) is 11.0. The first kappa shape index (κ1) is 17.2. The predicted octanol–water partition coefficient (Wildman–Crippen LogP) is 5.15. The molecule has 3 aromatic rings. The Labute approximate surface area is 153 Å². The van der Waals surface area contributed by atoms with E-state index < -0.39 is 5.97 Å². The second-order valence-electron chi connectivity index (χ2n) is 5.14. The van der Waals surface area contributed by atoms with Gasteiger partial charge < -0.3 is 9.36 Å². The summed E-state index contributed by atoms with van der Waals surface area (Å²) in [6.07, 6.45) is 1.42. The van der Waals surface area contributed by atoms with Crippen LogP contribution in [0.2, 0.25) is 10.0 Å². The van der Waals surface area contributed by atoms with E-state index in [0.717, 1.165) is 5.56 Å². The maximum absolute atomic E-state index is 12.3. The average Bonchev–Trinajstić information content (AvgIpc) is 2.99. The van der Waals surface area contributed by atoms with E-state index in [-0.39, 0.29) is 5.56 Å². The van der Waals surface area contributed by atoms with E-state index in [1.54, 1.807) is 55.5 Å². The smallest absolute Gasteiger partial charge is 0.355 e. The Morgan fingerprint density at radius 2 is 1.68 bits per heavy atom. The molecule has 3 rings (SSSR count). The molecule has 2 aromatic carbocycles. The van der Waals surface area contributed by atoms with Gasteiger partial charge in [0.15, 0.2) is 5.76 Å². The lowest BCUT2D eigenvalue weighted by molar-refractivity contribution is 0.0519. The lowest BCUT2D eigenvalue weighted by atomic mass is 10.1. The molecule has 0 saturated carbocycles. The molecule has 1 heterocycles. The number of rotatable bonds is 4. The fourth-order valence-electron chi connectivity index (χ4n) is 2.14. The summed E-state index contributed by atoms with van der Waals surface area (Å²) in [5.41, 5.74) is 2.04. The summed E-state index contributed by atoms with van der Waals surface area (Å²) < 4.78 is 5.26. The minimum atomic E-state index is -0.658. The van der Waals surface area contributed by atoms with E-state index >= 15 is 0 Å². The number of oxime groups is 1. The number of halogens is 2. The van der Waals surface area contributed by atoms with Gasteiger partial charge in [-0.05, 0) is 48.9 Å². The minimum absolute atomic E-state index is 0.218. The van der Waals surface area contributed by atoms with E-state index in [0.29, 0.717) is 27.1 Å². The van der Waals surface area contributed by atoms with Crippen LogP contribution in [-0.4, -0.2) is 17.3 Å². The van der Waals surface area contributed by atoms with Crippen LogP contribution < -0.4 is 0 Å². The van der Waals surface area contributed by atoms with Crippen LogP contribution in [0.5, 0.6) is 0 Å². The molecule has 0 spiro atoms. The van der Waals surface area contributed by atoms with E-state index in [4.69, 9.17) is 32.6 Å². The average molecular weight is 375 g/mol. The third kappa shape index (κ3) is 4.07. The third-order valence-corrected chi connectivity index (χ3v) is 3.88. The Hall–Kier alpha value is -2.63. The van der Waals surface area contributed by atoms with E-state index in [2.05, 4.69) is 10.3 Å². The summed E-state index contributed by atoms with van der Waals surface area (Å²) in [6.45, 7) is 1.66. The largest absolute Gasteiger partial charge is 0.371 e. The molecule has 0 bridgehead atoms. The second-order valence-corrected chi connectivity index (χ2v) is 6.02. The van der Waals surface area contributed by atoms with Crippen molar-refractivity contribution in [3.63, 3.8) is 0 Å². The summed E-state index contributed by atoms with van der Waals surface area (Å²) in [4.78, 5) is 17.3. The van der Waals surface area contributed by atoms with Crippen LogP contribution in [0.25, 0.3) is 11.3 Å². The highest BCUT2D eigenvalue weighted by Crippen LogP contribution is 2.28. The number of carbonyl (C=O) groups is 1. The zero-order valence-electron chi connectivity index (χ0n) is 13.1. The van der Waals surface area contributed by atoms with Crippen molar-refractivity contribution < 1.29 is 14.2 Å². The summed E-state index contributed by atoms with van der Waals surface area (Å²) >= 11 is 11.7. The summed E-state index contributed by atoms with van der Waals surface area (Å²) in [6, 6.07) is 13.8. The standard InChI is InChI=1S/C18H12Cl2N2O3/c1-11-16(17(24-22-11)13-4-8-15(20)9-5-13)18(23)25-21-10-12-2-6-14(19)7-3-12/h2-10H,1H3/b21-10-. The fraction of sp³-hybridized carbons (Fsp3) is 0.0556. The molecule has 126 valence electrons. The Morgan fingerprint density at radius 1 is 1.08 bits per heavy atom. The van der Waals surface area contributed by atoms with Crippen LogP contribution in [0, 0.1) is 6.92 Å². The van der Waals surface area contributed by atoms with Gasteiger partial charge in [-0.3, -0.25) is 0 Å². The Bertz CT molecular complexity index is 916. The third-order valence-electron chi connectivity index (χ3n) is 3.38. The van der Waals surface area contributed by atoms with Gasteiger partial charge in [0.25, 0.3) is 0 Å². The first-order chi connectivity index (χ1) is 12.0.